The molecule has 2 rings (SSSR count). The molecule has 0 aromatic heterocycles. The van der Waals surface area contributed by atoms with Gasteiger partial charge in [-0.3, -0.25) is 4.79 Å². The van der Waals surface area contributed by atoms with Gasteiger partial charge in [0, 0.05) is 23.7 Å². The molecule has 1 heterocycles. The molecule has 0 atom stereocenters. The summed E-state index contributed by atoms with van der Waals surface area (Å²) in [6.45, 7) is 3.43. The third-order valence-electron chi connectivity index (χ3n) is 3.92. The highest BCUT2D eigenvalue weighted by Crippen LogP contribution is 2.23. The number of likely N-dealkylation sites (tertiary alicyclic amines) is 1. The Morgan fingerprint density at radius 1 is 1.45 bits per heavy atom. The average Bonchev–Trinajstić information content (AvgIpc) is 2.44. The number of hydrogen-bond acceptors (Lipinski definition) is 3. The van der Waals surface area contributed by atoms with Gasteiger partial charge in [0.1, 0.15) is 5.54 Å². The molecule has 0 radical (unpaired) electrons. The van der Waals surface area contributed by atoms with Crippen molar-refractivity contribution in [2.24, 2.45) is 0 Å². The Bertz CT molecular complexity index is 557. The quantitative estimate of drug-likeness (QED) is 0.910. The number of amides is 1. The molecule has 0 spiro atoms. The molecule has 1 N–H and O–H groups in total. The molecule has 106 valence electrons. The number of nitrogens with zero attached hydrogens (tertiary/aromatic N) is 2. The molecule has 0 saturated carbocycles. The highest BCUT2D eigenvalue weighted by Gasteiger charge is 2.35. The van der Waals surface area contributed by atoms with Crippen molar-refractivity contribution in [3.8, 4) is 6.07 Å². The van der Waals surface area contributed by atoms with Gasteiger partial charge < -0.3 is 10.2 Å². The van der Waals surface area contributed by atoms with Gasteiger partial charge in [0.25, 0.3) is 5.91 Å². The lowest BCUT2D eigenvalue weighted by Gasteiger charge is -2.36. The molecule has 1 aromatic rings. The van der Waals surface area contributed by atoms with E-state index in [4.69, 9.17) is 11.6 Å². The van der Waals surface area contributed by atoms with Crippen LogP contribution in [0.25, 0.3) is 0 Å². The first-order valence-corrected chi connectivity index (χ1v) is 7.03. The summed E-state index contributed by atoms with van der Waals surface area (Å²) in [6.07, 6.45) is 1.29. The fourth-order valence-corrected chi connectivity index (χ4v) is 2.58. The summed E-state index contributed by atoms with van der Waals surface area (Å²) in [5.41, 5.74) is 0.511. The van der Waals surface area contributed by atoms with Crippen LogP contribution in [0.4, 0.5) is 0 Å². The smallest absolute Gasteiger partial charge is 0.252 e. The van der Waals surface area contributed by atoms with Gasteiger partial charge in [-0.1, -0.05) is 17.7 Å². The summed E-state index contributed by atoms with van der Waals surface area (Å²) in [6, 6.07) is 7.52. The maximum absolute atomic E-state index is 12.4. The van der Waals surface area contributed by atoms with Gasteiger partial charge in [0.2, 0.25) is 0 Å². The van der Waals surface area contributed by atoms with Crippen LogP contribution in [0.5, 0.6) is 0 Å². The van der Waals surface area contributed by atoms with Crippen LogP contribution in [0.3, 0.4) is 0 Å². The van der Waals surface area contributed by atoms with Gasteiger partial charge in [-0.2, -0.15) is 5.26 Å². The fourth-order valence-electron chi connectivity index (χ4n) is 2.40. The zero-order chi connectivity index (χ0) is 14.8. The number of nitriles is 1. The van der Waals surface area contributed by atoms with E-state index in [1.165, 1.54) is 0 Å². The predicted molar refractivity (Wildman–Crippen MR) is 78.7 cm³/mol. The highest BCUT2D eigenvalue weighted by molar-refractivity contribution is 6.31. The van der Waals surface area contributed by atoms with Crippen molar-refractivity contribution in [3.05, 3.63) is 34.3 Å². The molecule has 1 aliphatic rings. The lowest BCUT2D eigenvalue weighted by Crippen LogP contribution is -2.53. The molecule has 0 aliphatic carbocycles. The number of carbonyl (C=O) groups excluding carboxylic acids is 1. The van der Waals surface area contributed by atoms with E-state index in [1.54, 1.807) is 18.2 Å². The van der Waals surface area contributed by atoms with Crippen LogP contribution in [-0.4, -0.2) is 36.5 Å². The highest BCUT2D eigenvalue weighted by atomic mass is 35.5. The zero-order valence-electron chi connectivity index (χ0n) is 11.7. The van der Waals surface area contributed by atoms with E-state index in [2.05, 4.69) is 16.3 Å². The molecule has 20 heavy (non-hydrogen) atoms. The van der Waals surface area contributed by atoms with Crippen molar-refractivity contribution in [2.45, 2.75) is 25.3 Å². The standard InChI is InChI=1S/C15H18ClN3O/c1-11-12(4-3-5-13(11)16)14(20)18-15(10-17)6-8-19(2)9-7-15/h3-5H,6-9H2,1-2H3,(H,18,20). The van der Waals surface area contributed by atoms with E-state index in [0.29, 0.717) is 23.4 Å². The second kappa shape index (κ2) is 5.82. The minimum Gasteiger partial charge on any atom is -0.334 e. The van der Waals surface area contributed by atoms with Gasteiger partial charge in [-0.05, 0) is 44.5 Å². The molecule has 0 unspecified atom stereocenters. The Kier molecular flexibility index (Phi) is 4.32. The Morgan fingerprint density at radius 2 is 2.10 bits per heavy atom. The van der Waals surface area contributed by atoms with Crippen molar-refractivity contribution in [1.82, 2.24) is 10.2 Å². The number of halogens is 1. The van der Waals surface area contributed by atoms with Crippen LogP contribution < -0.4 is 5.32 Å². The largest absolute Gasteiger partial charge is 0.334 e. The second-order valence-corrected chi connectivity index (χ2v) is 5.77. The lowest BCUT2D eigenvalue weighted by atomic mass is 9.88. The normalized spacial score (nSPS) is 18.3. The number of hydrogen-bond donors (Lipinski definition) is 1. The summed E-state index contributed by atoms with van der Waals surface area (Å²) in [7, 11) is 2.02. The maximum atomic E-state index is 12.4. The van der Waals surface area contributed by atoms with Crippen molar-refractivity contribution < 1.29 is 4.79 Å². The molecule has 5 heteroatoms. The minimum atomic E-state index is -0.766. The Labute approximate surface area is 124 Å². The Balaban J connectivity index is 2.18. The zero-order valence-corrected chi connectivity index (χ0v) is 12.5. The molecule has 4 nitrogen and oxygen atoms in total. The number of benzene rings is 1. The van der Waals surface area contributed by atoms with Crippen molar-refractivity contribution in [3.63, 3.8) is 0 Å². The summed E-state index contributed by atoms with van der Waals surface area (Å²) in [4.78, 5) is 14.6. The third kappa shape index (κ3) is 2.95. The van der Waals surface area contributed by atoms with E-state index in [0.717, 1.165) is 18.7 Å². The van der Waals surface area contributed by atoms with Gasteiger partial charge in [-0.15, -0.1) is 0 Å². The van der Waals surface area contributed by atoms with Crippen LogP contribution in [0.1, 0.15) is 28.8 Å². The molecule has 1 aliphatic heterocycles. The first-order chi connectivity index (χ1) is 9.47. The molecule has 0 bridgehead atoms. The van der Waals surface area contributed by atoms with Crippen LogP contribution in [0, 0.1) is 18.3 Å². The van der Waals surface area contributed by atoms with Crippen LogP contribution in [0.2, 0.25) is 5.02 Å². The third-order valence-corrected chi connectivity index (χ3v) is 4.33. The summed E-state index contributed by atoms with van der Waals surface area (Å²) in [5.74, 6) is -0.226. The van der Waals surface area contributed by atoms with Gasteiger partial charge in [0.05, 0.1) is 6.07 Å². The summed E-state index contributed by atoms with van der Waals surface area (Å²) in [5, 5.41) is 12.9. The van der Waals surface area contributed by atoms with E-state index < -0.39 is 5.54 Å². The topological polar surface area (TPSA) is 56.1 Å². The number of rotatable bonds is 2. The van der Waals surface area contributed by atoms with Crippen molar-refractivity contribution in [2.75, 3.05) is 20.1 Å². The SMILES string of the molecule is Cc1c(Cl)cccc1C(=O)NC1(C#N)CCN(C)CC1. The second-order valence-electron chi connectivity index (χ2n) is 5.36. The monoisotopic (exact) mass is 291 g/mol. The molecular formula is C15H18ClN3O. The van der Waals surface area contributed by atoms with Gasteiger partial charge in [0.15, 0.2) is 0 Å². The van der Waals surface area contributed by atoms with Crippen LogP contribution >= 0.6 is 11.6 Å². The first-order valence-electron chi connectivity index (χ1n) is 6.65. The predicted octanol–water partition coefficient (Wildman–Crippen LogP) is 2.37. The first kappa shape index (κ1) is 14.8. The summed E-state index contributed by atoms with van der Waals surface area (Å²) >= 11 is 6.04. The summed E-state index contributed by atoms with van der Waals surface area (Å²) < 4.78 is 0. The van der Waals surface area contributed by atoms with Gasteiger partial charge in [-0.25, -0.2) is 0 Å². The number of carbonyl (C=O) groups is 1. The van der Waals surface area contributed by atoms with E-state index in [-0.39, 0.29) is 5.91 Å². The molecule has 1 fully saturated rings. The lowest BCUT2D eigenvalue weighted by molar-refractivity contribution is 0.0881. The van der Waals surface area contributed by atoms with Crippen molar-refractivity contribution in [1.29, 1.82) is 5.26 Å². The number of piperidine rings is 1. The van der Waals surface area contributed by atoms with E-state index in [1.807, 2.05) is 14.0 Å². The van der Waals surface area contributed by atoms with Crippen LogP contribution in [-0.2, 0) is 0 Å². The molecular weight excluding hydrogens is 274 g/mol. The number of nitrogens with one attached hydrogen (secondary N) is 1. The molecule has 1 saturated heterocycles. The Morgan fingerprint density at radius 3 is 2.70 bits per heavy atom. The van der Waals surface area contributed by atoms with Crippen LogP contribution in [0.15, 0.2) is 18.2 Å². The van der Waals surface area contributed by atoms with Crippen molar-refractivity contribution >= 4 is 17.5 Å². The van der Waals surface area contributed by atoms with E-state index in [9.17, 15) is 10.1 Å². The van der Waals surface area contributed by atoms with E-state index >= 15 is 0 Å². The molecule has 1 aromatic carbocycles. The average molecular weight is 292 g/mol. The fraction of sp³-hybridized carbons (Fsp3) is 0.467. The molecule has 1 amide bonds. The Hall–Kier alpha value is -1.57. The minimum absolute atomic E-state index is 0.226. The van der Waals surface area contributed by atoms with Gasteiger partial charge >= 0.3 is 0 Å². The maximum Gasteiger partial charge on any atom is 0.252 e.